The lowest BCUT2D eigenvalue weighted by Gasteiger charge is -2.39. The van der Waals surface area contributed by atoms with Crippen molar-refractivity contribution in [3.63, 3.8) is 0 Å². The summed E-state index contributed by atoms with van der Waals surface area (Å²) >= 11 is 0. The van der Waals surface area contributed by atoms with Crippen molar-refractivity contribution >= 4 is 24.3 Å². The number of hydrogen-bond donors (Lipinski definition) is 2. The Kier molecular flexibility index (Phi) is 5.98. The molecule has 2 fully saturated rings. The molecule has 8 nitrogen and oxygen atoms in total. The minimum Gasteiger partial charge on any atom is -0.472 e. The molecule has 1 amide bonds. The standard InChI is InChI=1S/C18H23N5O3.ClH/c24-16(21-25)15-9-19-17(20-10-15)23-6-3-18(4-7-23)2-5-22(13-18)11-14-1-8-26-12-14;/h1,8-10,12,25H,2-7,11,13H2,(H,21,24);1H. The minimum atomic E-state index is -0.599. The van der Waals surface area contributed by atoms with Gasteiger partial charge in [0, 0.05) is 44.1 Å². The molecule has 0 bridgehead atoms. The Balaban J connectivity index is 0.00000210. The van der Waals surface area contributed by atoms with E-state index in [2.05, 4.69) is 19.8 Å². The molecule has 1 spiro atoms. The van der Waals surface area contributed by atoms with Gasteiger partial charge in [0.05, 0.1) is 18.1 Å². The summed E-state index contributed by atoms with van der Waals surface area (Å²) in [5.74, 6) is 0.0420. The van der Waals surface area contributed by atoms with Crippen molar-refractivity contribution in [1.82, 2.24) is 20.3 Å². The normalized spacial score (nSPS) is 19.1. The van der Waals surface area contributed by atoms with Gasteiger partial charge >= 0.3 is 0 Å². The number of likely N-dealkylation sites (tertiary alicyclic amines) is 1. The SMILES string of the molecule is Cl.O=C(NO)c1cnc(N2CCC3(CCN(Cc4ccoc4)C3)CC2)nc1. The number of hydrogen-bond acceptors (Lipinski definition) is 7. The molecule has 27 heavy (non-hydrogen) atoms. The maximum atomic E-state index is 11.4. The van der Waals surface area contributed by atoms with Crippen LogP contribution in [0.25, 0.3) is 0 Å². The number of aromatic nitrogens is 2. The summed E-state index contributed by atoms with van der Waals surface area (Å²) in [4.78, 5) is 24.6. The van der Waals surface area contributed by atoms with Gasteiger partial charge in [0.2, 0.25) is 5.95 Å². The number of furan rings is 1. The Morgan fingerprint density at radius 3 is 2.56 bits per heavy atom. The maximum absolute atomic E-state index is 11.4. The number of anilines is 1. The Bertz CT molecular complexity index is 745. The fourth-order valence-electron chi connectivity index (χ4n) is 4.06. The van der Waals surface area contributed by atoms with E-state index in [4.69, 9.17) is 9.62 Å². The van der Waals surface area contributed by atoms with Crippen LogP contribution in [0.15, 0.2) is 35.4 Å². The van der Waals surface area contributed by atoms with Crippen LogP contribution in [0.5, 0.6) is 0 Å². The average Bonchev–Trinajstić information content (AvgIpc) is 3.33. The van der Waals surface area contributed by atoms with E-state index in [9.17, 15) is 4.79 Å². The number of hydroxylamine groups is 1. The first kappa shape index (κ1) is 19.6. The van der Waals surface area contributed by atoms with Gasteiger partial charge in [-0.3, -0.25) is 14.9 Å². The number of amides is 1. The summed E-state index contributed by atoms with van der Waals surface area (Å²) in [6.07, 6.45) is 9.92. The Labute approximate surface area is 163 Å². The van der Waals surface area contributed by atoms with Gasteiger partial charge in [-0.15, -0.1) is 12.4 Å². The topological polar surface area (TPSA) is 94.7 Å². The first-order chi connectivity index (χ1) is 12.7. The molecule has 0 atom stereocenters. The van der Waals surface area contributed by atoms with Crippen molar-refractivity contribution in [2.24, 2.45) is 5.41 Å². The fraction of sp³-hybridized carbons (Fsp3) is 0.500. The van der Waals surface area contributed by atoms with Crippen LogP contribution in [0.3, 0.4) is 0 Å². The van der Waals surface area contributed by atoms with Gasteiger partial charge in [-0.25, -0.2) is 15.4 Å². The van der Waals surface area contributed by atoms with Gasteiger partial charge in [-0.1, -0.05) is 0 Å². The number of nitrogens with zero attached hydrogens (tertiary/aromatic N) is 4. The van der Waals surface area contributed by atoms with Crippen LogP contribution in [0.2, 0.25) is 0 Å². The molecular weight excluding hydrogens is 370 g/mol. The van der Waals surface area contributed by atoms with E-state index in [1.165, 1.54) is 24.4 Å². The molecular formula is C18H24ClN5O3. The molecule has 2 aliphatic rings. The minimum absolute atomic E-state index is 0. The largest absolute Gasteiger partial charge is 0.472 e. The third-order valence-electron chi connectivity index (χ3n) is 5.61. The molecule has 4 heterocycles. The van der Waals surface area contributed by atoms with Gasteiger partial charge in [-0.2, -0.15) is 0 Å². The zero-order valence-corrected chi connectivity index (χ0v) is 15.8. The molecule has 0 saturated carbocycles. The molecule has 0 aliphatic carbocycles. The van der Waals surface area contributed by atoms with E-state index < -0.39 is 5.91 Å². The highest BCUT2D eigenvalue weighted by Gasteiger charge is 2.40. The Morgan fingerprint density at radius 2 is 1.93 bits per heavy atom. The second-order valence-electron chi connectivity index (χ2n) is 7.29. The molecule has 2 saturated heterocycles. The van der Waals surface area contributed by atoms with Crippen LogP contribution in [0, 0.1) is 5.41 Å². The smallest absolute Gasteiger partial charge is 0.277 e. The molecule has 2 aliphatic heterocycles. The summed E-state index contributed by atoms with van der Waals surface area (Å²) in [5, 5.41) is 8.65. The average molecular weight is 394 g/mol. The second-order valence-corrected chi connectivity index (χ2v) is 7.29. The first-order valence-corrected chi connectivity index (χ1v) is 8.92. The van der Waals surface area contributed by atoms with Gasteiger partial charge in [0.15, 0.2) is 0 Å². The molecule has 4 rings (SSSR count). The van der Waals surface area contributed by atoms with Crippen LogP contribution >= 0.6 is 12.4 Å². The van der Waals surface area contributed by atoms with Gasteiger partial charge in [0.25, 0.3) is 5.91 Å². The number of carbonyl (C=O) groups excluding carboxylic acids is 1. The van der Waals surface area contributed by atoms with Crippen molar-refractivity contribution in [2.45, 2.75) is 25.8 Å². The maximum Gasteiger partial charge on any atom is 0.277 e. The van der Waals surface area contributed by atoms with E-state index >= 15 is 0 Å². The summed E-state index contributed by atoms with van der Waals surface area (Å²) in [5.41, 5.74) is 3.46. The molecule has 0 aromatic carbocycles. The highest BCUT2D eigenvalue weighted by molar-refractivity contribution is 5.92. The van der Waals surface area contributed by atoms with E-state index in [1.54, 1.807) is 11.7 Å². The van der Waals surface area contributed by atoms with Crippen LogP contribution in [0.4, 0.5) is 5.95 Å². The Morgan fingerprint density at radius 1 is 1.22 bits per heavy atom. The summed E-state index contributed by atoms with van der Waals surface area (Å²) in [6.45, 7) is 5.06. The predicted molar refractivity (Wildman–Crippen MR) is 101 cm³/mol. The zero-order chi connectivity index (χ0) is 18.0. The van der Waals surface area contributed by atoms with Gasteiger partial charge < -0.3 is 9.32 Å². The monoisotopic (exact) mass is 393 g/mol. The molecule has 9 heteroatoms. The van der Waals surface area contributed by atoms with Crippen LogP contribution in [-0.2, 0) is 6.54 Å². The summed E-state index contributed by atoms with van der Waals surface area (Å²) < 4.78 is 5.17. The molecule has 146 valence electrons. The van der Waals surface area contributed by atoms with Crippen LogP contribution in [-0.4, -0.2) is 52.2 Å². The summed E-state index contributed by atoms with van der Waals surface area (Å²) in [7, 11) is 0. The number of carbonyl (C=O) groups is 1. The lowest BCUT2D eigenvalue weighted by molar-refractivity contribution is 0.0705. The lowest BCUT2D eigenvalue weighted by atomic mass is 9.78. The molecule has 2 aromatic heterocycles. The molecule has 0 unspecified atom stereocenters. The van der Waals surface area contributed by atoms with E-state index in [-0.39, 0.29) is 18.0 Å². The van der Waals surface area contributed by atoms with Crippen molar-refractivity contribution < 1.29 is 14.4 Å². The number of rotatable bonds is 4. The highest BCUT2D eigenvalue weighted by Crippen LogP contribution is 2.41. The first-order valence-electron chi connectivity index (χ1n) is 8.92. The Hall–Kier alpha value is -2.16. The van der Waals surface area contributed by atoms with Crippen molar-refractivity contribution in [3.05, 3.63) is 42.1 Å². The van der Waals surface area contributed by atoms with Crippen LogP contribution < -0.4 is 10.4 Å². The van der Waals surface area contributed by atoms with Crippen LogP contribution in [0.1, 0.15) is 35.2 Å². The number of piperidine rings is 1. The number of nitrogens with one attached hydrogen (secondary N) is 1. The van der Waals surface area contributed by atoms with Gasteiger partial charge in [0.1, 0.15) is 0 Å². The second kappa shape index (κ2) is 8.24. The molecule has 2 N–H and O–H groups in total. The van der Waals surface area contributed by atoms with E-state index in [0.717, 1.165) is 45.6 Å². The lowest BCUT2D eigenvalue weighted by Crippen LogP contribution is -2.42. The fourth-order valence-corrected chi connectivity index (χ4v) is 4.06. The molecule has 2 aromatic rings. The highest BCUT2D eigenvalue weighted by atomic mass is 35.5. The van der Waals surface area contributed by atoms with E-state index in [0.29, 0.717) is 11.4 Å². The summed E-state index contributed by atoms with van der Waals surface area (Å²) in [6, 6.07) is 2.03. The van der Waals surface area contributed by atoms with Gasteiger partial charge in [-0.05, 0) is 37.3 Å². The van der Waals surface area contributed by atoms with Crippen molar-refractivity contribution in [3.8, 4) is 0 Å². The third-order valence-corrected chi connectivity index (χ3v) is 5.61. The third kappa shape index (κ3) is 4.23. The van der Waals surface area contributed by atoms with Crippen molar-refractivity contribution in [1.29, 1.82) is 0 Å². The quantitative estimate of drug-likeness (QED) is 0.606. The zero-order valence-electron chi connectivity index (χ0n) is 15.0. The predicted octanol–water partition coefficient (Wildman–Crippen LogP) is 2.10. The number of halogens is 1. The molecule has 0 radical (unpaired) electrons. The van der Waals surface area contributed by atoms with Crippen molar-refractivity contribution in [2.75, 3.05) is 31.1 Å². The van der Waals surface area contributed by atoms with E-state index in [1.807, 2.05) is 12.3 Å².